The van der Waals surface area contributed by atoms with Crippen LogP contribution in [-0.2, 0) is 14.3 Å². The van der Waals surface area contributed by atoms with E-state index >= 15 is 0 Å². The maximum absolute atomic E-state index is 12.0. The molecule has 28 heavy (non-hydrogen) atoms. The summed E-state index contributed by atoms with van der Waals surface area (Å²) in [5.74, 6) is -0.348. The molecule has 0 saturated heterocycles. The Labute approximate surface area is 164 Å². The molecule has 148 valence electrons. The number of hydrogen-bond acceptors (Lipinski definition) is 5. The van der Waals surface area contributed by atoms with Gasteiger partial charge in [0.05, 0.1) is 20.1 Å². The number of anilines is 1. The molecule has 0 heterocycles. The van der Waals surface area contributed by atoms with Crippen molar-refractivity contribution in [3.63, 3.8) is 0 Å². The average Bonchev–Trinajstić information content (AvgIpc) is 2.68. The second-order valence-corrected chi connectivity index (χ2v) is 6.25. The lowest BCUT2D eigenvalue weighted by Crippen LogP contribution is -2.30. The highest BCUT2D eigenvalue weighted by Crippen LogP contribution is 2.19. The number of methoxy groups -OCH3 is 1. The largest absolute Gasteiger partial charge is 0.493 e. The Kier molecular flexibility index (Phi) is 7.56. The van der Waals surface area contributed by atoms with Crippen LogP contribution in [0.2, 0.25) is 0 Å². The number of rotatable bonds is 8. The summed E-state index contributed by atoms with van der Waals surface area (Å²) < 4.78 is 10.1. The van der Waals surface area contributed by atoms with Crippen molar-refractivity contribution in [3.05, 3.63) is 59.2 Å². The van der Waals surface area contributed by atoms with E-state index in [-0.39, 0.29) is 25.5 Å². The molecule has 0 aliphatic rings. The van der Waals surface area contributed by atoms with Crippen LogP contribution in [0.5, 0.6) is 5.75 Å². The lowest BCUT2D eigenvalue weighted by Gasteiger charge is -2.10. The van der Waals surface area contributed by atoms with Crippen LogP contribution in [0.4, 0.5) is 5.69 Å². The summed E-state index contributed by atoms with van der Waals surface area (Å²) in [4.78, 5) is 35.0. The first-order valence-corrected chi connectivity index (χ1v) is 8.84. The zero-order valence-electron chi connectivity index (χ0n) is 16.2. The Morgan fingerprint density at radius 1 is 1.00 bits per heavy atom. The highest BCUT2D eigenvalue weighted by atomic mass is 16.5. The van der Waals surface area contributed by atoms with Crippen molar-refractivity contribution in [2.24, 2.45) is 0 Å². The van der Waals surface area contributed by atoms with Crippen molar-refractivity contribution in [1.29, 1.82) is 0 Å². The monoisotopic (exact) mass is 384 g/mol. The third kappa shape index (κ3) is 6.42. The smallest absolute Gasteiger partial charge is 0.325 e. The molecular formula is C21H24N2O5. The standard InChI is InChI=1S/C21H24N2O5/c1-14-4-9-18(15(2)12-14)28-11-10-19(24)23-17-7-5-16(6-8-17)21(26)22-13-20(25)27-3/h4-9,12H,10-11,13H2,1-3H3,(H,22,26)(H,23,24). The van der Waals surface area contributed by atoms with Gasteiger partial charge in [-0.1, -0.05) is 17.7 Å². The van der Waals surface area contributed by atoms with Gasteiger partial charge in [0.2, 0.25) is 5.91 Å². The van der Waals surface area contributed by atoms with E-state index in [0.29, 0.717) is 11.3 Å². The predicted molar refractivity (Wildman–Crippen MR) is 105 cm³/mol. The molecule has 0 aromatic heterocycles. The molecule has 0 radical (unpaired) electrons. The zero-order chi connectivity index (χ0) is 20.5. The highest BCUT2D eigenvalue weighted by molar-refractivity contribution is 5.97. The first-order chi connectivity index (χ1) is 13.4. The fourth-order valence-electron chi connectivity index (χ4n) is 2.47. The van der Waals surface area contributed by atoms with Crippen LogP contribution >= 0.6 is 0 Å². The van der Waals surface area contributed by atoms with Crippen LogP contribution in [0.1, 0.15) is 27.9 Å². The van der Waals surface area contributed by atoms with E-state index in [2.05, 4.69) is 15.4 Å². The van der Waals surface area contributed by atoms with Crippen LogP contribution in [0.25, 0.3) is 0 Å². The van der Waals surface area contributed by atoms with Gasteiger partial charge < -0.3 is 20.1 Å². The second-order valence-electron chi connectivity index (χ2n) is 6.25. The minimum atomic E-state index is -0.528. The fraction of sp³-hybridized carbons (Fsp3) is 0.286. The lowest BCUT2D eigenvalue weighted by atomic mass is 10.1. The van der Waals surface area contributed by atoms with Crippen molar-refractivity contribution >= 4 is 23.5 Å². The SMILES string of the molecule is COC(=O)CNC(=O)c1ccc(NC(=O)CCOc2ccc(C)cc2C)cc1. The van der Waals surface area contributed by atoms with Crippen LogP contribution in [0.3, 0.4) is 0 Å². The lowest BCUT2D eigenvalue weighted by molar-refractivity contribution is -0.139. The molecule has 0 atom stereocenters. The minimum Gasteiger partial charge on any atom is -0.493 e. The molecule has 7 heteroatoms. The summed E-state index contributed by atoms with van der Waals surface area (Å²) in [6, 6.07) is 12.3. The third-order valence-electron chi connectivity index (χ3n) is 3.97. The molecule has 0 aliphatic carbocycles. The Morgan fingerprint density at radius 3 is 2.36 bits per heavy atom. The number of esters is 1. The number of carbonyl (C=O) groups excluding carboxylic acids is 3. The van der Waals surface area contributed by atoms with Crippen LogP contribution in [0.15, 0.2) is 42.5 Å². The van der Waals surface area contributed by atoms with Gasteiger partial charge in [-0.15, -0.1) is 0 Å². The summed E-state index contributed by atoms with van der Waals surface area (Å²) in [5, 5.41) is 5.20. The van der Waals surface area contributed by atoms with Gasteiger partial charge in [-0.25, -0.2) is 0 Å². The van der Waals surface area contributed by atoms with E-state index in [0.717, 1.165) is 16.9 Å². The molecule has 2 aromatic rings. The maximum Gasteiger partial charge on any atom is 0.325 e. The van der Waals surface area contributed by atoms with E-state index in [1.807, 2.05) is 32.0 Å². The molecule has 0 unspecified atom stereocenters. The first-order valence-electron chi connectivity index (χ1n) is 8.84. The van der Waals surface area contributed by atoms with Crippen LogP contribution in [0, 0.1) is 13.8 Å². The van der Waals surface area contributed by atoms with Gasteiger partial charge in [0, 0.05) is 11.3 Å². The molecule has 0 bridgehead atoms. The summed E-state index contributed by atoms with van der Waals surface area (Å²) in [6.07, 6.45) is 0.203. The van der Waals surface area contributed by atoms with Crippen molar-refractivity contribution < 1.29 is 23.9 Å². The van der Waals surface area contributed by atoms with Crippen LogP contribution in [-0.4, -0.2) is 38.0 Å². The number of nitrogens with one attached hydrogen (secondary N) is 2. The zero-order valence-corrected chi connectivity index (χ0v) is 16.2. The van der Waals surface area contributed by atoms with Crippen molar-refractivity contribution in [2.75, 3.05) is 25.6 Å². The van der Waals surface area contributed by atoms with Gasteiger partial charge >= 0.3 is 5.97 Å². The third-order valence-corrected chi connectivity index (χ3v) is 3.97. The van der Waals surface area contributed by atoms with Gasteiger partial charge in [-0.2, -0.15) is 0 Å². The first kappa shape index (κ1) is 21.0. The fourth-order valence-corrected chi connectivity index (χ4v) is 2.47. The van der Waals surface area contributed by atoms with E-state index < -0.39 is 11.9 Å². The number of amides is 2. The van der Waals surface area contributed by atoms with Gasteiger partial charge in [0.25, 0.3) is 5.91 Å². The van der Waals surface area contributed by atoms with E-state index in [1.54, 1.807) is 24.3 Å². The number of ether oxygens (including phenoxy) is 2. The molecule has 7 nitrogen and oxygen atoms in total. The topological polar surface area (TPSA) is 93.7 Å². The summed E-state index contributed by atoms with van der Waals surface area (Å²) >= 11 is 0. The molecular weight excluding hydrogens is 360 g/mol. The van der Waals surface area contributed by atoms with Gasteiger partial charge in [-0.3, -0.25) is 14.4 Å². The van der Waals surface area contributed by atoms with Crippen molar-refractivity contribution in [3.8, 4) is 5.75 Å². The molecule has 0 fully saturated rings. The van der Waals surface area contributed by atoms with E-state index in [1.165, 1.54) is 7.11 Å². The summed E-state index contributed by atoms with van der Waals surface area (Å²) in [6.45, 7) is 4.04. The Hall–Kier alpha value is -3.35. The molecule has 0 aliphatic heterocycles. The minimum absolute atomic E-state index is 0.187. The normalized spacial score (nSPS) is 10.1. The predicted octanol–water partition coefficient (Wildman–Crippen LogP) is 2.61. The number of benzene rings is 2. The van der Waals surface area contributed by atoms with Gasteiger partial charge in [-0.05, 0) is 49.7 Å². The van der Waals surface area contributed by atoms with Gasteiger partial charge in [0.15, 0.2) is 0 Å². The van der Waals surface area contributed by atoms with E-state index in [9.17, 15) is 14.4 Å². The maximum atomic E-state index is 12.0. The van der Waals surface area contributed by atoms with E-state index in [4.69, 9.17) is 4.74 Å². The summed E-state index contributed by atoms with van der Waals surface area (Å²) in [7, 11) is 1.25. The number of hydrogen-bond donors (Lipinski definition) is 2. The average molecular weight is 384 g/mol. The van der Waals surface area contributed by atoms with Gasteiger partial charge in [0.1, 0.15) is 12.3 Å². The summed E-state index contributed by atoms with van der Waals surface area (Å²) in [5.41, 5.74) is 3.13. The highest BCUT2D eigenvalue weighted by Gasteiger charge is 2.09. The molecule has 2 N–H and O–H groups in total. The number of carbonyl (C=O) groups is 3. The Bertz CT molecular complexity index is 846. The Morgan fingerprint density at radius 2 is 1.71 bits per heavy atom. The quantitative estimate of drug-likeness (QED) is 0.683. The van der Waals surface area contributed by atoms with Crippen molar-refractivity contribution in [2.45, 2.75) is 20.3 Å². The Balaban J connectivity index is 1.79. The molecule has 2 aromatic carbocycles. The molecule has 2 rings (SSSR count). The number of aryl methyl sites for hydroxylation is 2. The molecule has 2 amide bonds. The molecule has 0 saturated carbocycles. The molecule has 0 spiro atoms. The van der Waals surface area contributed by atoms with Crippen molar-refractivity contribution in [1.82, 2.24) is 5.32 Å². The second kappa shape index (κ2) is 10.1. The van der Waals surface area contributed by atoms with Crippen LogP contribution < -0.4 is 15.4 Å².